The topological polar surface area (TPSA) is 31.4 Å². The van der Waals surface area contributed by atoms with Crippen LogP contribution in [0.25, 0.3) is 0 Å². The Labute approximate surface area is 104 Å². The fourth-order valence-corrected chi connectivity index (χ4v) is 2.29. The van der Waals surface area contributed by atoms with Crippen molar-refractivity contribution in [3.63, 3.8) is 0 Å². The predicted molar refractivity (Wildman–Crippen MR) is 69.9 cm³/mol. The third-order valence-corrected chi connectivity index (χ3v) is 3.34. The van der Waals surface area contributed by atoms with E-state index in [1.165, 1.54) is 5.56 Å². The lowest BCUT2D eigenvalue weighted by Gasteiger charge is -2.35. The summed E-state index contributed by atoms with van der Waals surface area (Å²) in [5.41, 5.74) is 1.28. The Balaban J connectivity index is 1.82. The fourth-order valence-electron chi connectivity index (χ4n) is 2.29. The predicted octanol–water partition coefficient (Wildman–Crippen LogP) is 0.417. The highest BCUT2D eigenvalue weighted by Gasteiger charge is 2.19. The van der Waals surface area contributed by atoms with Crippen molar-refractivity contribution < 1.29 is 0 Å². The summed E-state index contributed by atoms with van der Waals surface area (Å²) in [5, 5.41) is 3.45. The summed E-state index contributed by atoms with van der Waals surface area (Å²) >= 11 is 0. The van der Waals surface area contributed by atoms with Gasteiger partial charge in [0.05, 0.1) is 0 Å². The van der Waals surface area contributed by atoms with Crippen LogP contribution < -0.4 is 5.32 Å². The first-order valence-electron chi connectivity index (χ1n) is 6.24. The maximum atomic E-state index is 4.15. The summed E-state index contributed by atoms with van der Waals surface area (Å²) in [7, 11) is 4.39. The zero-order chi connectivity index (χ0) is 12.1. The van der Waals surface area contributed by atoms with Crippen molar-refractivity contribution in [2.45, 2.75) is 12.6 Å². The lowest BCUT2D eigenvalue weighted by molar-refractivity contribution is 0.150. The molecular weight excluding hydrogens is 212 g/mol. The molecule has 1 aromatic rings. The summed E-state index contributed by atoms with van der Waals surface area (Å²) in [4.78, 5) is 8.96. The van der Waals surface area contributed by atoms with E-state index in [1.807, 2.05) is 18.5 Å². The van der Waals surface area contributed by atoms with Crippen LogP contribution in [-0.4, -0.2) is 61.1 Å². The quantitative estimate of drug-likeness (QED) is 0.818. The highest BCUT2D eigenvalue weighted by atomic mass is 15.2. The summed E-state index contributed by atoms with van der Waals surface area (Å²) in [6.45, 7) is 5.41. The van der Waals surface area contributed by atoms with Gasteiger partial charge in [-0.25, -0.2) is 0 Å². The molecule has 17 heavy (non-hydrogen) atoms. The minimum absolute atomic E-state index is 0.616. The molecule has 1 N–H and O–H groups in total. The monoisotopic (exact) mass is 234 g/mol. The number of nitrogens with zero attached hydrogens (tertiary/aromatic N) is 3. The van der Waals surface area contributed by atoms with E-state index in [-0.39, 0.29) is 0 Å². The highest BCUT2D eigenvalue weighted by molar-refractivity contribution is 5.08. The number of aromatic nitrogens is 1. The first kappa shape index (κ1) is 12.5. The lowest BCUT2D eigenvalue weighted by atomic mass is 10.2. The molecule has 1 saturated heterocycles. The highest BCUT2D eigenvalue weighted by Crippen LogP contribution is 2.05. The van der Waals surface area contributed by atoms with E-state index in [9.17, 15) is 0 Å². The van der Waals surface area contributed by atoms with E-state index in [1.54, 1.807) is 0 Å². The van der Waals surface area contributed by atoms with Crippen molar-refractivity contribution in [2.75, 3.05) is 40.3 Å². The Morgan fingerprint density at radius 2 is 2.47 bits per heavy atom. The molecule has 0 amide bonds. The van der Waals surface area contributed by atoms with E-state index < -0.39 is 0 Å². The van der Waals surface area contributed by atoms with Crippen molar-refractivity contribution in [1.29, 1.82) is 0 Å². The Bertz CT molecular complexity index is 327. The summed E-state index contributed by atoms with van der Waals surface area (Å²) < 4.78 is 0. The van der Waals surface area contributed by atoms with Crippen LogP contribution in [0.5, 0.6) is 0 Å². The van der Waals surface area contributed by atoms with Crippen molar-refractivity contribution in [3.05, 3.63) is 30.1 Å². The fraction of sp³-hybridized carbons (Fsp3) is 0.615. The third-order valence-electron chi connectivity index (χ3n) is 3.34. The minimum atomic E-state index is 0.616. The molecule has 0 aliphatic carbocycles. The molecule has 1 aliphatic rings. The number of hydrogen-bond acceptors (Lipinski definition) is 4. The lowest BCUT2D eigenvalue weighted by Crippen LogP contribution is -2.53. The second-order valence-corrected chi connectivity index (χ2v) is 4.90. The number of pyridine rings is 1. The van der Waals surface area contributed by atoms with Gasteiger partial charge in [0.2, 0.25) is 0 Å². The number of piperazine rings is 1. The molecule has 2 heterocycles. The average molecular weight is 234 g/mol. The summed E-state index contributed by atoms with van der Waals surface area (Å²) in [6.07, 6.45) is 3.77. The third kappa shape index (κ3) is 3.77. The molecule has 94 valence electrons. The molecule has 0 radical (unpaired) electrons. The number of nitrogens with one attached hydrogen (secondary N) is 1. The maximum Gasteiger partial charge on any atom is 0.0345 e. The van der Waals surface area contributed by atoms with Crippen molar-refractivity contribution in [2.24, 2.45) is 0 Å². The van der Waals surface area contributed by atoms with Crippen LogP contribution in [-0.2, 0) is 6.54 Å². The second-order valence-electron chi connectivity index (χ2n) is 4.90. The van der Waals surface area contributed by atoms with E-state index in [2.05, 4.69) is 40.3 Å². The van der Waals surface area contributed by atoms with Gasteiger partial charge in [0.1, 0.15) is 0 Å². The van der Waals surface area contributed by atoms with Crippen LogP contribution in [0.4, 0.5) is 0 Å². The van der Waals surface area contributed by atoms with Crippen molar-refractivity contribution in [1.82, 2.24) is 20.1 Å². The smallest absolute Gasteiger partial charge is 0.0345 e. The Hall–Kier alpha value is -0.970. The van der Waals surface area contributed by atoms with E-state index >= 15 is 0 Å². The van der Waals surface area contributed by atoms with Gasteiger partial charge in [-0.3, -0.25) is 9.88 Å². The number of hydrogen-bond donors (Lipinski definition) is 1. The number of likely N-dealkylation sites (N-methyl/N-ethyl adjacent to an activating group) is 2. The summed E-state index contributed by atoms with van der Waals surface area (Å²) in [5.74, 6) is 0. The van der Waals surface area contributed by atoms with Gasteiger partial charge in [0.25, 0.3) is 0 Å². The largest absolute Gasteiger partial charge is 0.314 e. The SMILES string of the molecule is CN(Cc1cccnc1)CC1CNCCN1C. The molecule has 0 aromatic carbocycles. The molecule has 4 heteroatoms. The van der Waals surface area contributed by atoms with Crippen LogP contribution in [0.3, 0.4) is 0 Å². The van der Waals surface area contributed by atoms with Crippen molar-refractivity contribution >= 4 is 0 Å². The summed E-state index contributed by atoms with van der Waals surface area (Å²) in [6, 6.07) is 4.74. The zero-order valence-corrected chi connectivity index (χ0v) is 10.8. The van der Waals surface area contributed by atoms with Gasteiger partial charge in [-0.2, -0.15) is 0 Å². The molecule has 0 bridgehead atoms. The van der Waals surface area contributed by atoms with E-state index in [4.69, 9.17) is 0 Å². The van der Waals surface area contributed by atoms with Crippen LogP contribution in [0.15, 0.2) is 24.5 Å². The van der Waals surface area contributed by atoms with Gasteiger partial charge in [0, 0.05) is 51.2 Å². The minimum Gasteiger partial charge on any atom is -0.314 e. The van der Waals surface area contributed by atoms with Crippen LogP contribution in [0.1, 0.15) is 5.56 Å². The molecule has 1 aromatic heterocycles. The van der Waals surface area contributed by atoms with Gasteiger partial charge < -0.3 is 10.2 Å². The molecule has 0 saturated carbocycles. The van der Waals surface area contributed by atoms with Crippen LogP contribution in [0, 0.1) is 0 Å². The molecule has 1 unspecified atom stereocenters. The van der Waals surface area contributed by atoms with E-state index in [0.29, 0.717) is 6.04 Å². The molecular formula is C13H22N4. The molecule has 4 nitrogen and oxygen atoms in total. The Kier molecular flexibility index (Phi) is 4.48. The first-order valence-corrected chi connectivity index (χ1v) is 6.24. The maximum absolute atomic E-state index is 4.15. The van der Waals surface area contributed by atoms with E-state index in [0.717, 1.165) is 32.7 Å². The van der Waals surface area contributed by atoms with Gasteiger partial charge in [-0.1, -0.05) is 6.07 Å². The molecule has 1 aliphatic heterocycles. The Morgan fingerprint density at radius 3 is 3.18 bits per heavy atom. The van der Waals surface area contributed by atoms with Crippen LogP contribution in [0.2, 0.25) is 0 Å². The van der Waals surface area contributed by atoms with Gasteiger partial charge in [0.15, 0.2) is 0 Å². The van der Waals surface area contributed by atoms with Gasteiger partial charge >= 0.3 is 0 Å². The number of rotatable bonds is 4. The zero-order valence-electron chi connectivity index (χ0n) is 10.8. The van der Waals surface area contributed by atoms with Crippen molar-refractivity contribution in [3.8, 4) is 0 Å². The molecule has 2 rings (SSSR count). The molecule has 1 atom stereocenters. The molecule has 1 fully saturated rings. The van der Waals surface area contributed by atoms with Crippen LogP contribution >= 0.6 is 0 Å². The normalized spacial score (nSPS) is 21.9. The first-order chi connectivity index (χ1) is 8.25. The standard InChI is InChI=1S/C13H22N4/c1-16(10-12-4-3-5-14-8-12)11-13-9-15-6-7-17(13)2/h3-5,8,13,15H,6-7,9-11H2,1-2H3. The van der Waals surface area contributed by atoms with Gasteiger partial charge in [-0.05, 0) is 25.7 Å². The second kappa shape index (κ2) is 6.10. The van der Waals surface area contributed by atoms with Gasteiger partial charge in [-0.15, -0.1) is 0 Å². The average Bonchev–Trinajstić information content (AvgIpc) is 2.33. The Morgan fingerprint density at radius 1 is 1.59 bits per heavy atom. The molecule has 0 spiro atoms.